The number of aromatic nitrogens is 3. The zero-order valence-corrected chi connectivity index (χ0v) is 14.6. The van der Waals surface area contributed by atoms with Crippen LogP contribution in [-0.2, 0) is 17.8 Å². The Morgan fingerprint density at radius 2 is 2.21 bits per heavy atom. The third-order valence-electron chi connectivity index (χ3n) is 3.26. The van der Waals surface area contributed by atoms with Crippen LogP contribution in [0.25, 0.3) is 0 Å². The molecule has 0 atom stereocenters. The van der Waals surface area contributed by atoms with E-state index in [-0.39, 0.29) is 18.1 Å². The van der Waals surface area contributed by atoms with Crippen LogP contribution in [0.5, 0.6) is 5.75 Å². The average Bonchev–Trinajstić information content (AvgIpc) is 3.01. The smallest absolute Gasteiger partial charge is 0.358 e. The lowest BCUT2D eigenvalue weighted by molar-refractivity contribution is -0.121. The van der Waals surface area contributed by atoms with Crippen LogP contribution in [0.3, 0.4) is 0 Å². The molecule has 1 aromatic carbocycles. The number of carboxylic acids is 1. The van der Waals surface area contributed by atoms with Gasteiger partial charge < -0.3 is 15.2 Å². The molecule has 0 aliphatic carbocycles. The highest BCUT2D eigenvalue weighted by Gasteiger charge is 2.10. The van der Waals surface area contributed by atoms with Gasteiger partial charge in [0.2, 0.25) is 5.91 Å². The highest BCUT2D eigenvalue weighted by atomic mass is 79.9. The van der Waals surface area contributed by atoms with Crippen molar-refractivity contribution in [1.29, 1.82) is 0 Å². The van der Waals surface area contributed by atoms with Crippen LogP contribution in [0.2, 0.25) is 0 Å². The molecule has 0 aliphatic heterocycles. The summed E-state index contributed by atoms with van der Waals surface area (Å²) in [7, 11) is 1.62. The molecule has 8 nitrogen and oxygen atoms in total. The fraction of sp³-hybridized carbons (Fsp3) is 0.333. The van der Waals surface area contributed by atoms with Gasteiger partial charge in [-0.1, -0.05) is 27.2 Å². The Morgan fingerprint density at radius 3 is 2.88 bits per heavy atom. The van der Waals surface area contributed by atoms with Gasteiger partial charge in [-0.3, -0.25) is 4.79 Å². The number of rotatable bonds is 8. The van der Waals surface area contributed by atoms with E-state index in [0.29, 0.717) is 6.54 Å². The van der Waals surface area contributed by atoms with Crippen LogP contribution in [0.15, 0.2) is 28.9 Å². The number of nitrogens with zero attached hydrogens (tertiary/aromatic N) is 3. The second kappa shape index (κ2) is 8.44. The van der Waals surface area contributed by atoms with E-state index in [4.69, 9.17) is 9.84 Å². The van der Waals surface area contributed by atoms with E-state index in [1.807, 2.05) is 18.2 Å². The van der Waals surface area contributed by atoms with E-state index in [2.05, 4.69) is 31.6 Å². The number of methoxy groups -OCH3 is 1. The molecule has 0 saturated carbocycles. The topological polar surface area (TPSA) is 106 Å². The Kier molecular flexibility index (Phi) is 6.30. The number of benzene rings is 1. The Morgan fingerprint density at radius 1 is 1.42 bits per heavy atom. The summed E-state index contributed by atoms with van der Waals surface area (Å²) in [4.78, 5) is 22.5. The zero-order valence-electron chi connectivity index (χ0n) is 13.0. The summed E-state index contributed by atoms with van der Waals surface area (Å²) >= 11 is 3.39. The molecule has 0 spiro atoms. The van der Waals surface area contributed by atoms with Gasteiger partial charge in [0.1, 0.15) is 12.3 Å². The highest BCUT2D eigenvalue weighted by Crippen LogP contribution is 2.24. The molecular formula is C15H17BrN4O4. The SMILES string of the molecule is COc1cc(Br)ccc1CCCNC(=O)Cn1cc(C(=O)O)nn1. The molecule has 2 aromatic rings. The summed E-state index contributed by atoms with van der Waals surface area (Å²) in [5.41, 5.74) is 0.877. The van der Waals surface area contributed by atoms with Crippen molar-refractivity contribution >= 4 is 27.8 Å². The molecule has 0 bridgehead atoms. The van der Waals surface area contributed by atoms with E-state index in [0.717, 1.165) is 28.6 Å². The number of carbonyl (C=O) groups is 2. The van der Waals surface area contributed by atoms with E-state index < -0.39 is 5.97 Å². The fourth-order valence-corrected chi connectivity index (χ4v) is 2.45. The average molecular weight is 397 g/mol. The van der Waals surface area contributed by atoms with Crippen molar-refractivity contribution in [2.45, 2.75) is 19.4 Å². The quantitative estimate of drug-likeness (QED) is 0.654. The monoisotopic (exact) mass is 396 g/mol. The normalized spacial score (nSPS) is 10.4. The minimum atomic E-state index is -1.18. The largest absolute Gasteiger partial charge is 0.496 e. The number of hydrogen-bond donors (Lipinski definition) is 2. The molecule has 0 aliphatic rings. The molecule has 9 heteroatoms. The third-order valence-corrected chi connectivity index (χ3v) is 3.75. The third kappa shape index (κ3) is 5.05. The second-order valence-corrected chi connectivity index (χ2v) is 5.93. The number of ether oxygens (including phenoxy) is 1. The molecule has 1 heterocycles. The number of carboxylic acid groups (broad SMARTS) is 1. The second-order valence-electron chi connectivity index (χ2n) is 5.02. The molecule has 2 rings (SSSR count). The molecule has 0 saturated heterocycles. The first kappa shape index (κ1) is 17.9. The van der Waals surface area contributed by atoms with E-state index in [1.54, 1.807) is 7.11 Å². The number of amides is 1. The summed E-state index contributed by atoms with van der Waals surface area (Å²) in [5, 5.41) is 18.5. The lowest BCUT2D eigenvalue weighted by atomic mass is 10.1. The van der Waals surface area contributed by atoms with Gasteiger partial charge in [0.05, 0.1) is 13.3 Å². The van der Waals surface area contributed by atoms with Crippen LogP contribution in [-0.4, -0.2) is 45.6 Å². The molecule has 0 radical (unpaired) electrons. The lowest BCUT2D eigenvalue weighted by Crippen LogP contribution is -2.28. The van der Waals surface area contributed by atoms with Gasteiger partial charge in [0, 0.05) is 11.0 Å². The van der Waals surface area contributed by atoms with E-state index in [9.17, 15) is 9.59 Å². The van der Waals surface area contributed by atoms with Crippen molar-refractivity contribution in [3.8, 4) is 5.75 Å². The number of carbonyl (C=O) groups excluding carboxylic acids is 1. The summed E-state index contributed by atoms with van der Waals surface area (Å²) in [6.45, 7) is 0.431. The predicted molar refractivity (Wildman–Crippen MR) is 89.0 cm³/mol. The molecule has 24 heavy (non-hydrogen) atoms. The van der Waals surface area contributed by atoms with Crippen molar-refractivity contribution in [3.05, 3.63) is 40.1 Å². The lowest BCUT2D eigenvalue weighted by Gasteiger charge is -2.09. The van der Waals surface area contributed by atoms with Crippen LogP contribution < -0.4 is 10.1 Å². The maximum atomic E-state index is 11.8. The van der Waals surface area contributed by atoms with Crippen molar-refractivity contribution < 1.29 is 19.4 Å². The molecule has 0 fully saturated rings. The Balaban J connectivity index is 1.75. The highest BCUT2D eigenvalue weighted by molar-refractivity contribution is 9.10. The van der Waals surface area contributed by atoms with Gasteiger partial charge in [0.25, 0.3) is 0 Å². The summed E-state index contributed by atoms with van der Waals surface area (Å²) in [6, 6.07) is 5.83. The molecule has 1 aromatic heterocycles. The summed E-state index contributed by atoms with van der Waals surface area (Å²) in [6.07, 6.45) is 2.74. The molecule has 1 amide bonds. The van der Waals surface area contributed by atoms with Gasteiger partial charge in [-0.2, -0.15) is 0 Å². The van der Waals surface area contributed by atoms with E-state index in [1.165, 1.54) is 10.9 Å². The standard InChI is InChI=1S/C15H17BrN4O4/c1-24-13-7-11(16)5-4-10(13)3-2-6-17-14(21)9-20-8-12(15(22)23)18-19-20/h4-5,7-8H,2-3,6,9H2,1H3,(H,17,21)(H,22,23). The summed E-state index contributed by atoms with van der Waals surface area (Å²) in [5.74, 6) is -0.621. The number of nitrogens with one attached hydrogen (secondary N) is 1. The first-order valence-electron chi connectivity index (χ1n) is 7.22. The van der Waals surface area contributed by atoms with Gasteiger partial charge in [0.15, 0.2) is 5.69 Å². The minimum absolute atomic E-state index is 0.0676. The first-order valence-corrected chi connectivity index (χ1v) is 8.01. The van der Waals surface area contributed by atoms with Crippen LogP contribution in [0, 0.1) is 0 Å². The van der Waals surface area contributed by atoms with E-state index >= 15 is 0 Å². The first-order chi connectivity index (χ1) is 11.5. The fourth-order valence-electron chi connectivity index (χ4n) is 2.11. The van der Waals surface area contributed by atoms with Gasteiger partial charge in [-0.05, 0) is 30.5 Å². The molecule has 2 N–H and O–H groups in total. The minimum Gasteiger partial charge on any atom is -0.496 e. The number of hydrogen-bond acceptors (Lipinski definition) is 5. The van der Waals surface area contributed by atoms with Crippen molar-refractivity contribution in [1.82, 2.24) is 20.3 Å². The molecule has 0 unspecified atom stereocenters. The van der Waals surface area contributed by atoms with Crippen LogP contribution in [0.4, 0.5) is 0 Å². The van der Waals surface area contributed by atoms with Gasteiger partial charge >= 0.3 is 5.97 Å². The molecule has 128 valence electrons. The van der Waals surface area contributed by atoms with Crippen LogP contribution in [0.1, 0.15) is 22.5 Å². The number of aryl methyl sites for hydroxylation is 1. The maximum Gasteiger partial charge on any atom is 0.358 e. The summed E-state index contributed by atoms with van der Waals surface area (Å²) < 4.78 is 7.46. The van der Waals surface area contributed by atoms with Crippen molar-refractivity contribution in [3.63, 3.8) is 0 Å². The van der Waals surface area contributed by atoms with Crippen molar-refractivity contribution in [2.24, 2.45) is 0 Å². The zero-order chi connectivity index (χ0) is 17.5. The van der Waals surface area contributed by atoms with Gasteiger partial charge in [-0.25, -0.2) is 9.48 Å². The molecular weight excluding hydrogens is 380 g/mol. The Hall–Kier alpha value is -2.42. The van der Waals surface area contributed by atoms with Gasteiger partial charge in [-0.15, -0.1) is 5.10 Å². The Labute approximate surface area is 146 Å². The predicted octanol–water partition coefficient (Wildman–Crippen LogP) is 1.50. The van der Waals surface area contributed by atoms with Crippen molar-refractivity contribution in [2.75, 3.05) is 13.7 Å². The maximum absolute atomic E-state index is 11.8. The number of aromatic carboxylic acids is 1. The Bertz CT molecular complexity index is 732. The van der Waals surface area contributed by atoms with Crippen LogP contribution >= 0.6 is 15.9 Å². The number of halogens is 1.